The maximum atomic E-state index is 12.0. The fraction of sp³-hybridized carbons (Fsp3) is 0.292. The van der Waals surface area contributed by atoms with Crippen LogP contribution in [0.15, 0.2) is 48.5 Å². The third-order valence-corrected chi connectivity index (χ3v) is 4.25. The molecule has 10 heteroatoms. The summed E-state index contributed by atoms with van der Waals surface area (Å²) in [6.45, 7) is 3.11. The molecule has 2 aromatic carbocycles. The molecule has 0 radical (unpaired) electrons. The zero-order chi connectivity index (χ0) is 24.9. The molecule has 0 bridgehead atoms. The van der Waals surface area contributed by atoms with Gasteiger partial charge in [0.15, 0.2) is 6.61 Å². The summed E-state index contributed by atoms with van der Waals surface area (Å²) in [6, 6.07) is 12.6. The fourth-order valence-electron chi connectivity index (χ4n) is 2.66. The van der Waals surface area contributed by atoms with E-state index in [1.807, 2.05) is 6.92 Å². The maximum Gasteiger partial charge on any atom is 0.338 e. The van der Waals surface area contributed by atoms with E-state index in [1.165, 1.54) is 31.2 Å². The molecule has 180 valence electrons. The molecular formula is C24H27N3O7. The average Bonchev–Trinajstić information content (AvgIpc) is 2.81. The molecule has 34 heavy (non-hydrogen) atoms. The number of amides is 3. The van der Waals surface area contributed by atoms with Gasteiger partial charge in [-0.2, -0.15) is 0 Å². The number of rotatable bonds is 11. The van der Waals surface area contributed by atoms with Crippen LogP contribution in [0.5, 0.6) is 0 Å². The first-order valence-corrected chi connectivity index (χ1v) is 10.7. The number of benzene rings is 2. The van der Waals surface area contributed by atoms with Gasteiger partial charge >= 0.3 is 11.9 Å². The monoisotopic (exact) mass is 469 g/mol. The van der Waals surface area contributed by atoms with E-state index in [9.17, 15) is 24.0 Å². The Labute approximate surface area is 197 Å². The highest BCUT2D eigenvalue weighted by atomic mass is 16.5. The minimum atomic E-state index is -0.694. The number of nitrogens with one attached hydrogen (secondary N) is 3. The molecule has 0 spiro atoms. The number of hydrogen-bond acceptors (Lipinski definition) is 7. The van der Waals surface area contributed by atoms with Crippen LogP contribution in [-0.2, 0) is 28.7 Å². The Balaban J connectivity index is 1.68. The van der Waals surface area contributed by atoms with Crippen molar-refractivity contribution in [1.29, 1.82) is 0 Å². The SMILES string of the molecule is CCCOC(=O)c1ccc(NC(=O)COC(=O)CCC(=O)Nc2ccc(NC(C)=O)cc2)cc1. The van der Waals surface area contributed by atoms with Crippen LogP contribution in [0.2, 0.25) is 0 Å². The Hall–Kier alpha value is -4.21. The summed E-state index contributed by atoms with van der Waals surface area (Å²) in [5.41, 5.74) is 1.89. The van der Waals surface area contributed by atoms with Crippen LogP contribution in [0, 0.1) is 0 Å². The van der Waals surface area contributed by atoms with E-state index in [2.05, 4.69) is 16.0 Å². The lowest BCUT2D eigenvalue weighted by Gasteiger charge is -2.08. The Morgan fingerprint density at radius 1 is 0.706 bits per heavy atom. The standard InChI is InChI=1S/C24H27N3O7/c1-3-14-33-24(32)17-4-6-19(7-5-17)27-22(30)15-34-23(31)13-12-21(29)26-20-10-8-18(9-11-20)25-16(2)28/h4-11H,3,12-15H2,1-2H3,(H,25,28)(H,26,29)(H,27,30). The predicted molar refractivity (Wildman–Crippen MR) is 125 cm³/mol. The van der Waals surface area contributed by atoms with Crippen LogP contribution in [0.1, 0.15) is 43.5 Å². The van der Waals surface area contributed by atoms with Gasteiger partial charge in [-0.1, -0.05) is 6.92 Å². The zero-order valence-electron chi connectivity index (χ0n) is 19.0. The van der Waals surface area contributed by atoms with Crippen molar-refractivity contribution in [3.8, 4) is 0 Å². The van der Waals surface area contributed by atoms with Crippen molar-refractivity contribution in [2.24, 2.45) is 0 Å². The van der Waals surface area contributed by atoms with Gasteiger partial charge in [0.1, 0.15) is 0 Å². The fourth-order valence-corrected chi connectivity index (χ4v) is 2.66. The van der Waals surface area contributed by atoms with Gasteiger partial charge in [0.25, 0.3) is 5.91 Å². The maximum absolute atomic E-state index is 12.0. The summed E-state index contributed by atoms with van der Waals surface area (Å²) in [7, 11) is 0. The lowest BCUT2D eigenvalue weighted by Crippen LogP contribution is -2.21. The molecule has 0 unspecified atom stereocenters. The van der Waals surface area contributed by atoms with Crippen molar-refractivity contribution in [2.45, 2.75) is 33.1 Å². The zero-order valence-corrected chi connectivity index (χ0v) is 19.0. The lowest BCUT2D eigenvalue weighted by molar-refractivity contribution is -0.147. The first-order chi connectivity index (χ1) is 16.3. The summed E-state index contributed by atoms with van der Waals surface area (Å²) in [5.74, 6) is -2.30. The van der Waals surface area contributed by atoms with E-state index in [-0.39, 0.29) is 18.7 Å². The average molecular weight is 469 g/mol. The van der Waals surface area contributed by atoms with E-state index in [0.717, 1.165) is 6.42 Å². The highest BCUT2D eigenvalue weighted by molar-refractivity contribution is 5.95. The molecule has 2 rings (SSSR count). The van der Waals surface area contributed by atoms with Crippen LogP contribution in [-0.4, -0.2) is 42.9 Å². The molecule has 0 atom stereocenters. The number of carbonyl (C=O) groups is 5. The van der Waals surface area contributed by atoms with Crippen LogP contribution in [0.3, 0.4) is 0 Å². The van der Waals surface area contributed by atoms with E-state index >= 15 is 0 Å². The minimum absolute atomic E-state index is 0.122. The highest BCUT2D eigenvalue weighted by Crippen LogP contribution is 2.14. The number of esters is 2. The molecule has 10 nitrogen and oxygen atoms in total. The molecule has 0 aliphatic carbocycles. The molecule has 0 fully saturated rings. The molecular weight excluding hydrogens is 442 g/mol. The quantitative estimate of drug-likeness (QED) is 0.430. The van der Waals surface area contributed by atoms with Gasteiger partial charge in [0.05, 0.1) is 18.6 Å². The van der Waals surface area contributed by atoms with Crippen LogP contribution in [0.4, 0.5) is 17.1 Å². The van der Waals surface area contributed by atoms with Crippen LogP contribution < -0.4 is 16.0 Å². The third-order valence-electron chi connectivity index (χ3n) is 4.25. The summed E-state index contributed by atoms with van der Waals surface area (Å²) in [4.78, 5) is 58.6. The van der Waals surface area contributed by atoms with Gasteiger partial charge in [-0.05, 0) is 55.0 Å². The molecule has 0 heterocycles. The van der Waals surface area contributed by atoms with Gasteiger partial charge < -0.3 is 25.4 Å². The lowest BCUT2D eigenvalue weighted by atomic mass is 10.2. The third kappa shape index (κ3) is 9.51. The Bertz CT molecular complexity index is 1020. The topological polar surface area (TPSA) is 140 Å². The normalized spacial score (nSPS) is 10.1. The van der Waals surface area contributed by atoms with Crippen molar-refractivity contribution in [3.63, 3.8) is 0 Å². The Morgan fingerprint density at radius 2 is 1.24 bits per heavy atom. The van der Waals surface area contributed by atoms with Crippen molar-refractivity contribution in [1.82, 2.24) is 0 Å². The molecule has 0 saturated carbocycles. The van der Waals surface area contributed by atoms with E-state index in [4.69, 9.17) is 9.47 Å². The molecule has 3 amide bonds. The summed E-state index contributed by atoms with van der Waals surface area (Å²) >= 11 is 0. The molecule has 0 aromatic heterocycles. The van der Waals surface area contributed by atoms with Crippen molar-refractivity contribution >= 4 is 46.7 Å². The molecule has 0 aliphatic rings. The van der Waals surface area contributed by atoms with Crippen molar-refractivity contribution in [2.75, 3.05) is 29.2 Å². The number of hydrogen-bond donors (Lipinski definition) is 3. The first kappa shape index (κ1) is 26.0. The van der Waals surface area contributed by atoms with E-state index in [1.54, 1.807) is 24.3 Å². The van der Waals surface area contributed by atoms with Crippen molar-refractivity contribution in [3.05, 3.63) is 54.1 Å². The minimum Gasteiger partial charge on any atom is -0.462 e. The Kier molecular flexibility index (Phi) is 10.2. The largest absolute Gasteiger partial charge is 0.462 e. The first-order valence-electron chi connectivity index (χ1n) is 10.7. The second kappa shape index (κ2) is 13.4. The smallest absolute Gasteiger partial charge is 0.338 e. The van der Waals surface area contributed by atoms with Crippen molar-refractivity contribution < 1.29 is 33.4 Å². The van der Waals surface area contributed by atoms with E-state index in [0.29, 0.717) is 29.2 Å². The summed E-state index contributed by atoms with van der Waals surface area (Å²) < 4.78 is 9.92. The number of anilines is 3. The Morgan fingerprint density at radius 3 is 1.79 bits per heavy atom. The molecule has 2 aromatic rings. The summed E-state index contributed by atoms with van der Waals surface area (Å²) in [6.07, 6.45) is 0.402. The van der Waals surface area contributed by atoms with Crippen LogP contribution in [0.25, 0.3) is 0 Å². The molecule has 3 N–H and O–H groups in total. The van der Waals surface area contributed by atoms with Gasteiger partial charge in [-0.25, -0.2) is 4.79 Å². The highest BCUT2D eigenvalue weighted by Gasteiger charge is 2.12. The van der Waals surface area contributed by atoms with Gasteiger partial charge in [0.2, 0.25) is 11.8 Å². The molecule has 0 aliphatic heterocycles. The summed E-state index contributed by atoms with van der Waals surface area (Å²) in [5, 5.41) is 7.79. The van der Waals surface area contributed by atoms with Crippen LogP contribution >= 0.6 is 0 Å². The van der Waals surface area contributed by atoms with E-state index < -0.39 is 30.4 Å². The van der Waals surface area contributed by atoms with Gasteiger partial charge in [-0.3, -0.25) is 19.2 Å². The number of carbonyl (C=O) groups excluding carboxylic acids is 5. The second-order valence-corrected chi connectivity index (χ2v) is 7.23. The van der Waals surface area contributed by atoms with Gasteiger partial charge in [-0.15, -0.1) is 0 Å². The van der Waals surface area contributed by atoms with Gasteiger partial charge in [0, 0.05) is 30.4 Å². The predicted octanol–water partition coefficient (Wildman–Crippen LogP) is 3.11. The second-order valence-electron chi connectivity index (χ2n) is 7.23. The number of ether oxygens (including phenoxy) is 2. The molecule has 0 saturated heterocycles.